The van der Waals surface area contributed by atoms with Crippen LogP contribution in [0.25, 0.3) is 5.69 Å². The van der Waals surface area contributed by atoms with Crippen LogP contribution in [0.3, 0.4) is 0 Å². The summed E-state index contributed by atoms with van der Waals surface area (Å²) in [6, 6.07) is 9.71. The Labute approximate surface area is 116 Å². The summed E-state index contributed by atoms with van der Waals surface area (Å²) >= 11 is 0. The average molecular weight is 272 g/mol. The first-order chi connectivity index (χ1) is 9.84. The van der Waals surface area contributed by atoms with Crippen LogP contribution in [-0.4, -0.2) is 33.6 Å². The third kappa shape index (κ3) is 2.70. The summed E-state index contributed by atoms with van der Waals surface area (Å²) < 4.78 is 7.07. The summed E-state index contributed by atoms with van der Waals surface area (Å²) in [6.07, 6.45) is 3.09. The fraction of sp³-hybridized carbons (Fsp3) is 0.357. The molecule has 0 saturated carbocycles. The van der Waals surface area contributed by atoms with E-state index in [0.29, 0.717) is 13.2 Å². The van der Waals surface area contributed by atoms with Crippen LogP contribution in [0.4, 0.5) is 0 Å². The highest BCUT2D eigenvalue weighted by Gasteiger charge is 2.23. The fourth-order valence-electron chi connectivity index (χ4n) is 2.24. The Kier molecular flexibility index (Phi) is 3.73. The Bertz CT molecular complexity index is 576. The molecule has 6 nitrogen and oxygen atoms in total. The molecule has 2 heterocycles. The van der Waals surface area contributed by atoms with Gasteiger partial charge in [-0.15, -0.1) is 5.10 Å². The normalized spacial score (nSPS) is 18.1. The molecule has 1 aromatic carbocycles. The van der Waals surface area contributed by atoms with Crippen LogP contribution >= 0.6 is 0 Å². The van der Waals surface area contributed by atoms with Gasteiger partial charge in [0.1, 0.15) is 6.10 Å². The molecule has 1 amide bonds. The number of carbonyl (C=O) groups is 1. The van der Waals surface area contributed by atoms with Gasteiger partial charge in [-0.1, -0.05) is 23.4 Å². The molecule has 104 valence electrons. The van der Waals surface area contributed by atoms with E-state index in [9.17, 15) is 4.79 Å². The van der Waals surface area contributed by atoms with Crippen molar-refractivity contribution in [3.05, 3.63) is 42.2 Å². The van der Waals surface area contributed by atoms with Gasteiger partial charge in [-0.25, -0.2) is 4.68 Å². The Balaban J connectivity index is 1.66. The van der Waals surface area contributed by atoms with Gasteiger partial charge in [0, 0.05) is 6.61 Å². The van der Waals surface area contributed by atoms with Crippen molar-refractivity contribution in [1.82, 2.24) is 20.3 Å². The fourth-order valence-corrected chi connectivity index (χ4v) is 2.24. The van der Waals surface area contributed by atoms with Crippen molar-refractivity contribution in [3.8, 4) is 5.69 Å². The summed E-state index contributed by atoms with van der Waals surface area (Å²) in [5, 5.41) is 10.8. The highest BCUT2D eigenvalue weighted by atomic mass is 16.5. The van der Waals surface area contributed by atoms with E-state index in [0.717, 1.165) is 24.2 Å². The molecule has 0 spiro atoms. The third-order valence-corrected chi connectivity index (χ3v) is 3.29. The maximum Gasteiger partial charge on any atom is 0.249 e. The van der Waals surface area contributed by atoms with Crippen molar-refractivity contribution < 1.29 is 9.53 Å². The van der Waals surface area contributed by atoms with Gasteiger partial charge >= 0.3 is 0 Å². The van der Waals surface area contributed by atoms with E-state index in [1.54, 1.807) is 10.9 Å². The van der Waals surface area contributed by atoms with Crippen molar-refractivity contribution in [2.45, 2.75) is 25.5 Å². The lowest BCUT2D eigenvalue weighted by Crippen LogP contribution is -2.34. The van der Waals surface area contributed by atoms with Crippen LogP contribution in [0.5, 0.6) is 0 Å². The lowest BCUT2D eigenvalue weighted by Gasteiger charge is -2.11. The van der Waals surface area contributed by atoms with Gasteiger partial charge in [0.2, 0.25) is 5.91 Å². The number of ether oxygens (including phenoxy) is 1. The second-order valence-corrected chi connectivity index (χ2v) is 4.69. The van der Waals surface area contributed by atoms with Gasteiger partial charge in [0.05, 0.1) is 24.1 Å². The molecule has 1 unspecified atom stereocenters. The van der Waals surface area contributed by atoms with E-state index in [1.165, 1.54) is 0 Å². The number of nitrogens with one attached hydrogen (secondary N) is 1. The Morgan fingerprint density at radius 2 is 2.25 bits per heavy atom. The average Bonchev–Trinajstić information content (AvgIpc) is 3.17. The number of benzene rings is 1. The van der Waals surface area contributed by atoms with Gasteiger partial charge in [0.15, 0.2) is 0 Å². The Morgan fingerprint density at radius 1 is 1.40 bits per heavy atom. The molecule has 1 saturated heterocycles. The Hall–Kier alpha value is -2.21. The molecule has 20 heavy (non-hydrogen) atoms. The SMILES string of the molecule is O=C(NCc1cnnn1-c1ccccc1)C1CCCO1. The molecule has 2 aromatic rings. The molecule has 3 rings (SSSR count). The van der Waals surface area contributed by atoms with E-state index in [1.807, 2.05) is 30.3 Å². The van der Waals surface area contributed by atoms with Crippen molar-refractivity contribution >= 4 is 5.91 Å². The zero-order chi connectivity index (χ0) is 13.8. The minimum absolute atomic E-state index is 0.0664. The molecular formula is C14H16N4O2. The molecule has 1 atom stereocenters. The summed E-state index contributed by atoms with van der Waals surface area (Å²) in [6.45, 7) is 1.06. The monoisotopic (exact) mass is 272 g/mol. The van der Waals surface area contributed by atoms with Gasteiger partial charge in [-0.2, -0.15) is 0 Å². The van der Waals surface area contributed by atoms with Crippen molar-refractivity contribution in [2.75, 3.05) is 6.61 Å². The van der Waals surface area contributed by atoms with Gasteiger partial charge in [-0.05, 0) is 25.0 Å². The number of rotatable bonds is 4. The molecule has 1 fully saturated rings. The highest BCUT2D eigenvalue weighted by Crippen LogP contribution is 2.12. The zero-order valence-electron chi connectivity index (χ0n) is 11.0. The van der Waals surface area contributed by atoms with E-state index in [-0.39, 0.29) is 12.0 Å². The maximum atomic E-state index is 11.9. The third-order valence-electron chi connectivity index (χ3n) is 3.29. The minimum Gasteiger partial charge on any atom is -0.368 e. The van der Waals surface area contributed by atoms with E-state index >= 15 is 0 Å². The summed E-state index contributed by atoms with van der Waals surface area (Å²) in [5.74, 6) is -0.0664. The smallest absolute Gasteiger partial charge is 0.249 e. The van der Waals surface area contributed by atoms with Crippen LogP contribution in [0.2, 0.25) is 0 Å². The number of nitrogens with zero attached hydrogens (tertiary/aromatic N) is 3. The highest BCUT2D eigenvalue weighted by molar-refractivity contribution is 5.80. The maximum absolute atomic E-state index is 11.9. The molecule has 0 aliphatic carbocycles. The number of hydrogen-bond donors (Lipinski definition) is 1. The first-order valence-electron chi connectivity index (χ1n) is 6.69. The lowest BCUT2D eigenvalue weighted by molar-refractivity contribution is -0.130. The van der Waals surface area contributed by atoms with Crippen LogP contribution in [0.1, 0.15) is 18.5 Å². The second-order valence-electron chi connectivity index (χ2n) is 4.69. The summed E-state index contributed by atoms with van der Waals surface area (Å²) in [7, 11) is 0. The molecular weight excluding hydrogens is 256 g/mol. The van der Waals surface area contributed by atoms with Gasteiger partial charge < -0.3 is 10.1 Å². The van der Waals surface area contributed by atoms with Crippen LogP contribution < -0.4 is 5.32 Å². The van der Waals surface area contributed by atoms with E-state index in [2.05, 4.69) is 15.6 Å². The molecule has 1 aliphatic heterocycles. The van der Waals surface area contributed by atoms with Crippen LogP contribution in [0, 0.1) is 0 Å². The number of hydrogen-bond acceptors (Lipinski definition) is 4. The number of para-hydroxylation sites is 1. The van der Waals surface area contributed by atoms with Crippen LogP contribution in [-0.2, 0) is 16.1 Å². The van der Waals surface area contributed by atoms with Crippen molar-refractivity contribution in [2.24, 2.45) is 0 Å². The molecule has 1 aliphatic rings. The summed E-state index contributed by atoms with van der Waals surface area (Å²) in [4.78, 5) is 11.9. The topological polar surface area (TPSA) is 69.0 Å². The van der Waals surface area contributed by atoms with E-state index < -0.39 is 0 Å². The molecule has 0 radical (unpaired) electrons. The molecule has 1 N–H and O–H groups in total. The predicted octanol–water partition coefficient (Wildman–Crippen LogP) is 1.06. The second kappa shape index (κ2) is 5.83. The molecule has 6 heteroatoms. The first kappa shape index (κ1) is 12.8. The van der Waals surface area contributed by atoms with Crippen LogP contribution in [0.15, 0.2) is 36.5 Å². The molecule has 1 aromatic heterocycles. The first-order valence-corrected chi connectivity index (χ1v) is 6.69. The van der Waals surface area contributed by atoms with Gasteiger partial charge in [0.25, 0.3) is 0 Å². The predicted molar refractivity (Wildman–Crippen MR) is 72.2 cm³/mol. The van der Waals surface area contributed by atoms with Crippen molar-refractivity contribution in [1.29, 1.82) is 0 Å². The Morgan fingerprint density at radius 3 is 3.00 bits per heavy atom. The standard InChI is InChI=1S/C14H16N4O2/c19-14(13-7-4-8-20-13)15-9-12-10-16-17-18(12)11-5-2-1-3-6-11/h1-3,5-6,10,13H,4,7-9H2,(H,15,19). The number of aromatic nitrogens is 3. The zero-order valence-corrected chi connectivity index (χ0v) is 11.0. The summed E-state index contributed by atoms with van der Waals surface area (Å²) in [5.41, 5.74) is 1.76. The largest absolute Gasteiger partial charge is 0.368 e. The van der Waals surface area contributed by atoms with Crippen molar-refractivity contribution in [3.63, 3.8) is 0 Å². The lowest BCUT2D eigenvalue weighted by atomic mass is 10.2. The number of amides is 1. The van der Waals surface area contributed by atoms with Gasteiger partial charge in [-0.3, -0.25) is 4.79 Å². The quantitative estimate of drug-likeness (QED) is 0.903. The minimum atomic E-state index is -0.309. The van der Waals surface area contributed by atoms with E-state index in [4.69, 9.17) is 4.74 Å². The number of carbonyl (C=O) groups excluding carboxylic acids is 1. The molecule has 0 bridgehead atoms.